The molecule has 1 amide bonds. The summed E-state index contributed by atoms with van der Waals surface area (Å²) in [7, 11) is 0. The largest absolute Gasteiger partial charge is 0.418 e. The Labute approximate surface area is 159 Å². The lowest BCUT2D eigenvalue weighted by Crippen LogP contribution is -2.21. The van der Waals surface area contributed by atoms with Gasteiger partial charge in [-0.1, -0.05) is 48.2 Å². The number of amides is 1. The molecule has 2 aliphatic heterocycles. The van der Waals surface area contributed by atoms with E-state index in [2.05, 4.69) is 15.3 Å². The fourth-order valence-electron chi connectivity index (χ4n) is 2.33. The topological polar surface area (TPSA) is 63.0 Å². The first-order chi connectivity index (χ1) is 12.8. The van der Waals surface area contributed by atoms with Crippen LogP contribution in [0.5, 0.6) is 0 Å². The van der Waals surface area contributed by atoms with E-state index in [9.17, 15) is 4.79 Å². The molecule has 2 heterocycles. The number of carbonyl (C=O) groups is 1. The third-order valence-corrected chi connectivity index (χ3v) is 5.49. The molecule has 1 N–H and O–H groups in total. The van der Waals surface area contributed by atoms with Gasteiger partial charge < -0.3 is 4.74 Å². The predicted molar refractivity (Wildman–Crippen MR) is 106 cm³/mol. The minimum Gasteiger partial charge on any atom is -0.401 e. The number of hydrogen-bond acceptors (Lipinski definition) is 6. The molecule has 128 valence electrons. The summed E-state index contributed by atoms with van der Waals surface area (Å²) in [6.07, 6.45) is 6.07. The molecule has 26 heavy (non-hydrogen) atoms. The first-order valence-corrected chi connectivity index (χ1v) is 9.40. The monoisotopic (exact) mass is 379 g/mol. The third-order valence-electron chi connectivity index (χ3n) is 3.49. The Morgan fingerprint density at radius 3 is 2.19 bits per heavy atom. The van der Waals surface area contributed by atoms with E-state index >= 15 is 0 Å². The number of hydrogen-bond donors (Lipinski definition) is 1. The molecule has 0 unspecified atom stereocenters. The smallest absolute Gasteiger partial charge is 0.401 e. The van der Waals surface area contributed by atoms with Crippen molar-refractivity contribution in [3.63, 3.8) is 0 Å². The van der Waals surface area contributed by atoms with Crippen molar-refractivity contribution in [1.29, 1.82) is 0 Å². The van der Waals surface area contributed by atoms with Crippen LogP contribution in [-0.4, -0.2) is 18.5 Å². The van der Waals surface area contributed by atoms with Crippen molar-refractivity contribution in [2.75, 3.05) is 0 Å². The number of nitrogens with zero attached hydrogens (tertiary/aromatic N) is 2. The summed E-state index contributed by atoms with van der Waals surface area (Å²) < 4.78 is 5.41. The summed E-state index contributed by atoms with van der Waals surface area (Å²) >= 11 is 2.79. The second kappa shape index (κ2) is 7.63. The van der Waals surface area contributed by atoms with Crippen LogP contribution in [-0.2, 0) is 4.74 Å². The Morgan fingerprint density at radius 2 is 1.46 bits per heavy atom. The van der Waals surface area contributed by atoms with E-state index in [0.29, 0.717) is 10.1 Å². The van der Waals surface area contributed by atoms with Gasteiger partial charge >= 0.3 is 6.09 Å². The van der Waals surface area contributed by atoms with Gasteiger partial charge in [0, 0.05) is 33.3 Å². The summed E-state index contributed by atoms with van der Waals surface area (Å²) in [4.78, 5) is 22.7. The zero-order valence-electron chi connectivity index (χ0n) is 13.5. The third kappa shape index (κ3) is 3.89. The van der Waals surface area contributed by atoms with E-state index in [1.165, 1.54) is 29.7 Å². The minimum atomic E-state index is -0.577. The molecular weight excluding hydrogens is 366 g/mol. The van der Waals surface area contributed by atoms with E-state index in [1.807, 2.05) is 48.5 Å². The molecule has 0 saturated carbocycles. The number of ether oxygens (including phenoxy) is 1. The van der Waals surface area contributed by atoms with Gasteiger partial charge in [0.2, 0.25) is 0 Å². The van der Waals surface area contributed by atoms with Crippen LogP contribution in [0.1, 0.15) is 11.1 Å². The van der Waals surface area contributed by atoms with Gasteiger partial charge in [-0.2, -0.15) is 0 Å². The van der Waals surface area contributed by atoms with Gasteiger partial charge in [-0.25, -0.2) is 4.79 Å². The maximum atomic E-state index is 12.3. The van der Waals surface area contributed by atoms with Crippen molar-refractivity contribution in [2.45, 2.75) is 9.79 Å². The highest BCUT2D eigenvalue weighted by Gasteiger charge is 2.15. The zero-order chi connectivity index (χ0) is 17.8. The summed E-state index contributed by atoms with van der Waals surface area (Å²) in [5, 5.41) is 3.74. The molecule has 0 saturated heterocycles. The summed E-state index contributed by atoms with van der Waals surface area (Å²) in [5.74, 6) is 0. The molecule has 7 heteroatoms. The molecule has 2 aromatic carbocycles. The Morgan fingerprint density at radius 1 is 0.846 bits per heavy atom. The fourth-order valence-corrected chi connectivity index (χ4v) is 4.03. The number of nitrogens with one attached hydrogen (secondary N) is 1. The van der Waals surface area contributed by atoms with Crippen molar-refractivity contribution in [3.05, 3.63) is 82.2 Å². The Hall–Kier alpha value is -2.77. The molecule has 0 aromatic heterocycles. The van der Waals surface area contributed by atoms with E-state index in [4.69, 9.17) is 4.74 Å². The number of alkyl carbamates (subject to hydrolysis) is 1. The molecule has 2 aliphatic rings. The molecule has 0 atom stereocenters. The molecule has 0 spiro atoms. The fraction of sp³-hybridized carbons (Fsp3) is 0. The Bertz CT molecular complexity index is 903. The van der Waals surface area contributed by atoms with Gasteiger partial charge in [-0.3, -0.25) is 15.3 Å². The Balaban J connectivity index is 1.42. The van der Waals surface area contributed by atoms with Crippen LogP contribution in [0.3, 0.4) is 0 Å². The average molecular weight is 379 g/mol. The second-order valence-corrected chi connectivity index (χ2v) is 7.42. The second-order valence-electron chi connectivity index (χ2n) is 5.29. The van der Waals surface area contributed by atoms with Crippen molar-refractivity contribution in [1.82, 2.24) is 5.32 Å². The molecule has 2 aromatic rings. The van der Waals surface area contributed by atoms with Crippen molar-refractivity contribution in [3.8, 4) is 0 Å². The molecule has 4 rings (SSSR count). The number of thioether (sulfide) groups is 2. The van der Waals surface area contributed by atoms with Crippen LogP contribution in [0.4, 0.5) is 4.79 Å². The molecule has 5 nitrogen and oxygen atoms in total. The van der Waals surface area contributed by atoms with Crippen molar-refractivity contribution < 1.29 is 9.53 Å². The van der Waals surface area contributed by atoms with Gasteiger partial charge in [0.05, 0.1) is 12.4 Å². The lowest BCUT2D eigenvalue weighted by atomic mass is 10.2. The highest BCUT2D eigenvalue weighted by atomic mass is 32.2. The molecule has 0 fully saturated rings. The van der Waals surface area contributed by atoms with Crippen molar-refractivity contribution in [2.24, 2.45) is 9.98 Å². The van der Waals surface area contributed by atoms with Crippen LogP contribution < -0.4 is 5.32 Å². The first-order valence-electron chi connectivity index (χ1n) is 7.77. The predicted octanol–water partition coefficient (Wildman–Crippen LogP) is 4.76. The molecule has 0 radical (unpaired) electrons. The maximum Gasteiger partial charge on any atom is 0.418 e. The first kappa shape index (κ1) is 16.7. The average Bonchev–Trinajstić information content (AvgIpc) is 2.96. The Kier molecular flexibility index (Phi) is 4.90. The maximum absolute atomic E-state index is 12.3. The minimum absolute atomic E-state index is 0.409. The number of rotatable bonds is 2. The summed E-state index contributed by atoms with van der Waals surface area (Å²) in [6.45, 7) is 0. The van der Waals surface area contributed by atoms with Crippen LogP contribution in [0.25, 0.3) is 0 Å². The molecule has 0 bridgehead atoms. The lowest BCUT2D eigenvalue weighted by Gasteiger charge is -2.10. The summed E-state index contributed by atoms with van der Waals surface area (Å²) in [6, 6.07) is 15.7. The molecular formula is C19H13N3O2S2. The standard InChI is InChI=1S/C19H13N3O2S2/c23-19(22-17-11-20-9-13-5-1-3-7-15(13)25-17)24-18-12-21-10-14-6-2-4-8-16(14)26-18/h1-12H,(H,22,23). The normalized spacial score (nSPS) is 14.9. The SMILES string of the molecule is O=C(NC1=CN=Cc2ccccc2S1)OC1=CN=Cc2ccccc2S1. The number of benzene rings is 2. The number of fused-ring (bicyclic) bond motifs is 2. The quantitative estimate of drug-likeness (QED) is 0.817. The van der Waals surface area contributed by atoms with Gasteiger partial charge in [0.25, 0.3) is 0 Å². The zero-order valence-corrected chi connectivity index (χ0v) is 15.1. The number of carbonyl (C=O) groups excluding carboxylic acids is 1. The van der Waals surface area contributed by atoms with Gasteiger partial charge in [0.15, 0.2) is 5.09 Å². The lowest BCUT2D eigenvalue weighted by molar-refractivity contribution is 0.186. The van der Waals surface area contributed by atoms with Crippen LogP contribution >= 0.6 is 23.5 Å². The van der Waals surface area contributed by atoms with Crippen molar-refractivity contribution >= 4 is 42.0 Å². The van der Waals surface area contributed by atoms with Gasteiger partial charge in [-0.05, 0) is 23.9 Å². The van der Waals surface area contributed by atoms with Crippen LogP contribution in [0.2, 0.25) is 0 Å². The highest BCUT2D eigenvalue weighted by Crippen LogP contribution is 2.32. The van der Waals surface area contributed by atoms with Gasteiger partial charge in [0.1, 0.15) is 5.03 Å². The van der Waals surface area contributed by atoms with Gasteiger partial charge in [-0.15, -0.1) is 0 Å². The van der Waals surface area contributed by atoms with E-state index in [1.54, 1.807) is 18.6 Å². The number of aliphatic imine (C=N–C) groups is 2. The van der Waals surface area contributed by atoms with E-state index in [0.717, 1.165) is 20.9 Å². The molecule has 0 aliphatic carbocycles. The highest BCUT2D eigenvalue weighted by molar-refractivity contribution is 8.03. The van der Waals surface area contributed by atoms with E-state index < -0.39 is 6.09 Å². The van der Waals surface area contributed by atoms with Crippen LogP contribution in [0, 0.1) is 0 Å². The van der Waals surface area contributed by atoms with E-state index in [-0.39, 0.29) is 0 Å². The van der Waals surface area contributed by atoms with Crippen LogP contribution in [0.15, 0.2) is 90.8 Å². The summed E-state index contributed by atoms with van der Waals surface area (Å²) in [5.41, 5.74) is 1.99.